The van der Waals surface area contributed by atoms with Crippen LogP contribution >= 0.6 is 0 Å². The summed E-state index contributed by atoms with van der Waals surface area (Å²) in [4.78, 5) is 43.2. The molecule has 0 aliphatic heterocycles. The average Bonchev–Trinajstić information content (AvgIpc) is 3.17. The maximum atomic E-state index is 13.5. The predicted octanol–water partition coefficient (Wildman–Crippen LogP) is 2.00. The van der Waals surface area contributed by atoms with Crippen LogP contribution in [0.4, 0.5) is 4.39 Å². The van der Waals surface area contributed by atoms with Gasteiger partial charge in [0.05, 0.1) is 11.3 Å². The third-order valence-electron chi connectivity index (χ3n) is 5.75. The molecule has 0 amide bonds. The molecule has 0 saturated heterocycles. The van der Waals surface area contributed by atoms with Gasteiger partial charge >= 0.3 is 5.69 Å². The summed E-state index contributed by atoms with van der Waals surface area (Å²) >= 11 is 0. The van der Waals surface area contributed by atoms with Gasteiger partial charge in [0, 0.05) is 14.1 Å². The number of nitrogens with zero attached hydrogens (tertiary/aromatic N) is 5. The van der Waals surface area contributed by atoms with Gasteiger partial charge in [-0.1, -0.05) is 26.2 Å². The molecule has 0 saturated carbocycles. The van der Waals surface area contributed by atoms with Crippen LogP contribution in [0.15, 0.2) is 38.6 Å². The van der Waals surface area contributed by atoms with Crippen LogP contribution in [0.3, 0.4) is 0 Å². The second kappa shape index (κ2) is 8.10. The second-order valence-corrected chi connectivity index (χ2v) is 7.85. The molecule has 0 bridgehead atoms. The normalized spacial score (nSPS) is 11.6. The number of halogens is 1. The monoisotopic (exact) mass is 441 g/mol. The van der Waals surface area contributed by atoms with E-state index in [1.54, 1.807) is 0 Å². The fourth-order valence-electron chi connectivity index (χ4n) is 3.96. The van der Waals surface area contributed by atoms with Gasteiger partial charge in [-0.15, -0.1) is 0 Å². The molecular formula is C22H24FN5O4. The van der Waals surface area contributed by atoms with Gasteiger partial charge in [-0.3, -0.25) is 18.7 Å². The van der Waals surface area contributed by atoms with Gasteiger partial charge < -0.3 is 5.11 Å². The van der Waals surface area contributed by atoms with Crippen LogP contribution in [0.2, 0.25) is 0 Å². The smallest absolute Gasteiger partial charge is 0.332 e. The highest BCUT2D eigenvalue weighted by atomic mass is 19.1. The summed E-state index contributed by atoms with van der Waals surface area (Å²) in [5.41, 5.74) is -1.26. The lowest BCUT2D eigenvalue weighted by atomic mass is 10.1. The molecular weight excluding hydrogens is 417 g/mol. The Hall–Kier alpha value is -3.69. The topological polar surface area (TPSA) is 104 Å². The highest BCUT2D eigenvalue weighted by Gasteiger charge is 2.24. The van der Waals surface area contributed by atoms with Crippen molar-refractivity contribution in [2.24, 2.45) is 14.1 Å². The third-order valence-corrected chi connectivity index (χ3v) is 5.75. The number of hydrogen-bond acceptors (Lipinski definition) is 5. The summed E-state index contributed by atoms with van der Waals surface area (Å²) in [5.74, 6) is -0.885. The van der Waals surface area contributed by atoms with Crippen molar-refractivity contribution in [3.63, 3.8) is 0 Å². The van der Waals surface area contributed by atoms with Gasteiger partial charge in [0.25, 0.3) is 11.1 Å². The molecule has 1 N–H and O–H groups in total. The molecule has 0 fully saturated rings. The number of aromatic hydroxyl groups is 1. The maximum absolute atomic E-state index is 13.5. The van der Waals surface area contributed by atoms with Crippen LogP contribution in [0.25, 0.3) is 22.6 Å². The Balaban J connectivity index is 2.15. The molecule has 0 radical (unpaired) electrons. The van der Waals surface area contributed by atoms with Crippen molar-refractivity contribution in [2.45, 2.75) is 39.0 Å². The van der Waals surface area contributed by atoms with Crippen LogP contribution in [0.5, 0.6) is 5.88 Å². The first-order valence-electron chi connectivity index (χ1n) is 10.5. The molecule has 0 aliphatic rings. The SMILES string of the molecule is CCCCCCc1c(O)n2c3c(=O)n(C)c(=O)n(C)c3nc2n(-c2ccc(F)cc2)c1=O. The molecule has 32 heavy (non-hydrogen) atoms. The Morgan fingerprint density at radius 3 is 2.31 bits per heavy atom. The van der Waals surface area contributed by atoms with Crippen molar-refractivity contribution in [3.8, 4) is 11.6 Å². The zero-order chi connectivity index (χ0) is 23.2. The molecule has 0 unspecified atom stereocenters. The minimum atomic E-state index is -0.646. The number of fused-ring (bicyclic) bond motifs is 3. The second-order valence-electron chi connectivity index (χ2n) is 7.85. The van der Waals surface area contributed by atoms with Crippen molar-refractivity contribution in [3.05, 3.63) is 66.8 Å². The first-order chi connectivity index (χ1) is 15.3. The molecule has 3 heterocycles. The van der Waals surface area contributed by atoms with Crippen molar-refractivity contribution < 1.29 is 9.50 Å². The van der Waals surface area contributed by atoms with E-state index in [0.717, 1.165) is 23.8 Å². The van der Waals surface area contributed by atoms with Gasteiger partial charge in [-0.05, 0) is 37.1 Å². The van der Waals surface area contributed by atoms with E-state index >= 15 is 0 Å². The Morgan fingerprint density at radius 2 is 1.66 bits per heavy atom. The van der Waals surface area contributed by atoms with Crippen LogP contribution < -0.4 is 16.8 Å². The lowest BCUT2D eigenvalue weighted by molar-refractivity contribution is 0.434. The predicted molar refractivity (Wildman–Crippen MR) is 118 cm³/mol. The summed E-state index contributed by atoms with van der Waals surface area (Å²) in [7, 11) is 2.79. The van der Waals surface area contributed by atoms with Crippen molar-refractivity contribution in [2.75, 3.05) is 0 Å². The number of benzene rings is 1. The van der Waals surface area contributed by atoms with Crippen LogP contribution in [-0.4, -0.2) is 28.2 Å². The Bertz CT molecular complexity index is 1510. The average molecular weight is 441 g/mol. The number of aromatic nitrogens is 5. The summed E-state index contributed by atoms with van der Waals surface area (Å²) in [6.07, 6.45) is 3.86. The fourth-order valence-corrected chi connectivity index (χ4v) is 3.96. The number of aryl methyl sites for hydroxylation is 1. The van der Waals surface area contributed by atoms with Crippen molar-refractivity contribution in [1.29, 1.82) is 0 Å². The summed E-state index contributed by atoms with van der Waals surface area (Å²) in [6.45, 7) is 2.07. The van der Waals surface area contributed by atoms with Gasteiger partial charge in [0.1, 0.15) is 5.82 Å². The zero-order valence-electron chi connectivity index (χ0n) is 18.1. The van der Waals surface area contributed by atoms with E-state index < -0.39 is 22.6 Å². The Labute approximate surface area is 181 Å². The summed E-state index contributed by atoms with van der Waals surface area (Å²) in [5, 5.41) is 11.1. The van der Waals surface area contributed by atoms with Crippen LogP contribution in [0.1, 0.15) is 38.2 Å². The Morgan fingerprint density at radius 1 is 0.969 bits per heavy atom. The van der Waals surface area contributed by atoms with E-state index in [1.807, 2.05) is 0 Å². The van der Waals surface area contributed by atoms with Gasteiger partial charge in [0.2, 0.25) is 11.7 Å². The largest absolute Gasteiger partial charge is 0.494 e. The molecule has 168 valence electrons. The molecule has 0 atom stereocenters. The van der Waals surface area contributed by atoms with Gasteiger partial charge in [0.15, 0.2) is 11.2 Å². The number of unbranched alkanes of at least 4 members (excludes halogenated alkanes) is 3. The van der Waals surface area contributed by atoms with E-state index in [2.05, 4.69) is 11.9 Å². The van der Waals surface area contributed by atoms with Crippen molar-refractivity contribution in [1.82, 2.24) is 23.1 Å². The Kier molecular flexibility index (Phi) is 5.45. The lowest BCUT2D eigenvalue weighted by Crippen LogP contribution is -2.37. The number of hydrogen-bond donors (Lipinski definition) is 1. The highest BCUT2D eigenvalue weighted by Crippen LogP contribution is 2.24. The quantitative estimate of drug-likeness (QED) is 0.461. The molecule has 0 aliphatic carbocycles. The summed E-state index contributed by atoms with van der Waals surface area (Å²) < 4.78 is 18.1. The minimum Gasteiger partial charge on any atom is -0.494 e. The standard InChI is InChI=1S/C22H24FN5O4/c1-4-5-6-7-8-15-18(29)27(14-11-9-13(23)10-12-14)21-24-17-16(28(21)19(15)30)20(31)26(3)22(32)25(17)2/h9-12,30H,4-8H2,1-3H3. The highest BCUT2D eigenvalue weighted by molar-refractivity contribution is 5.77. The first-order valence-corrected chi connectivity index (χ1v) is 10.5. The van der Waals surface area contributed by atoms with Crippen LogP contribution in [0, 0.1) is 5.82 Å². The van der Waals surface area contributed by atoms with Gasteiger partial charge in [-0.25, -0.2) is 18.2 Å². The van der Waals surface area contributed by atoms with Crippen LogP contribution in [-0.2, 0) is 20.5 Å². The summed E-state index contributed by atoms with van der Waals surface area (Å²) in [6, 6.07) is 5.27. The molecule has 10 heteroatoms. The fraction of sp³-hybridized carbons (Fsp3) is 0.364. The molecule has 4 rings (SSSR count). The van der Waals surface area contributed by atoms with E-state index in [9.17, 15) is 23.9 Å². The lowest BCUT2D eigenvalue weighted by Gasteiger charge is -2.13. The number of imidazole rings is 1. The molecule has 1 aromatic carbocycles. The molecule has 0 spiro atoms. The third kappa shape index (κ3) is 3.22. The molecule has 9 nitrogen and oxygen atoms in total. The molecule has 4 aromatic rings. The number of rotatable bonds is 6. The minimum absolute atomic E-state index is 0.0206. The van der Waals surface area contributed by atoms with E-state index in [4.69, 9.17) is 0 Å². The van der Waals surface area contributed by atoms with E-state index in [1.165, 1.54) is 51.9 Å². The van der Waals surface area contributed by atoms with E-state index in [0.29, 0.717) is 18.5 Å². The zero-order valence-corrected chi connectivity index (χ0v) is 18.1. The molecule has 3 aromatic heterocycles. The maximum Gasteiger partial charge on any atom is 0.332 e. The first kappa shape index (κ1) is 21.5. The van der Waals surface area contributed by atoms with Gasteiger partial charge in [-0.2, -0.15) is 4.98 Å². The van der Waals surface area contributed by atoms with Crippen molar-refractivity contribution >= 4 is 16.9 Å². The van der Waals surface area contributed by atoms with E-state index in [-0.39, 0.29) is 28.4 Å².